The first-order chi connectivity index (χ1) is 7.66. The maximum Gasteiger partial charge on any atom is 0.407 e. The SMILES string of the molecule is O=C(O)N1CCOC(c2ccc(F)cn2)C1. The molecule has 1 aliphatic rings. The summed E-state index contributed by atoms with van der Waals surface area (Å²) in [5, 5.41) is 8.84. The molecule has 0 spiro atoms. The van der Waals surface area contributed by atoms with Crippen molar-refractivity contribution in [2.75, 3.05) is 19.7 Å². The van der Waals surface area contributed by atoms with Crippen molar-refractivity contribution in [1.29, 1.82) is 0 Å². The van der Waals surface area contributed by atoms with E-state index < -0.39 is 18.0 Å². The van der Waals surface area contributed by atoms with Crippen LogP contribution in [0.1, 0.15) is 11.8 Å². The van der Waals surface area contributed by atoms with Crippen LogP contribution in [0.15, 0.2) is 18.3 Å². The Kier molecular flexibility index (Phi) is 3.00. The van der Waals surface area contributed by atoms with E-state index >= 15 is 0 Å². The van der Waals surface area contributed by atoms with Gasteiger partial charge in [-0.3, -0.25) is 4.98 Å². The number of hydrogen-bond acceptors (Lipinski definition) is 3. The van der Waals surface area contributed by atoms with Crippen molar-refractivity contribution < 1.29 is 19.0 Å². The number of pyridine rings is 1. The summed E-state index contributed by atoms with van der Waals surface area (Å²) < 4.78 is 18.0. The lowest BCUT2D eigenvalue weighted by Gasteiger charge is -2.30. The van der Waals surface area contributed by atoms with Crippen LogP contribution in [0.5, 0.6) is 0 Å². The van der Waals surface area contributed by atoms with Gasteiger partial charge in [0.25, 0.3) is 0 Å². The van der Waals surface area contributed by atoms with Crippen LogP contribution in [-0.2, 0) is 4.74 Å². The molecule has 2 rings (SSSR count). The minimum absolute atomic E-state index is 0.230. The molecule has 16 heavy (non-hydrogen) atoms. The van der Waals surface area contributed by atoms with E-state index in [0.717, 1.165) is 6.20 Å². The first-order valence-corrected chi connectivity index (χ1v) is 4.88. The number of carboxylic acid groups (broad SMARTS) is 1. The van der Waals surface area contributed by atoms with Crippen LogP contribution in [0.25, 0.3) is 0 Å². The van der Waals surface area contributed by atoms with Crippen molar-refractivity contribution in [3.05, 3.63) is 29.8 Å². The highest BCUT2D eigenvalue weighted by Gasteiger charge is 2.25. The van der Waals surface area contributed by atoms with Crippen molar-refractivity contribution in [1.82, 2.24) is 9.88 Å². The fraction of sp³-hybridized carbons (Fsp3) is 0.400. The lowest BCUT2D eigenvalue weighted by Crippen LogP contribution is -2.41. The number of rotatable bonds is 1. The smallest absolute Gasteiger partial charge is 0.407 e. The fourth-order valence-corrected chi connectivity index (χ4v) is 1.58. The number of morpholine rings is 1. The molecular weight excluding hydrogens is 215 g/mol. The van der Waals surface area contributed by atoms with Crippen molar-refractivity contribution in [3.63, 3.8) is 0 Å². The monoisotopic (exact) mass is 226 g/mol. The molecule has 1 N–H and O–H groups in total. The van der Waals surface area contributed by atoms with Crippen LogP contribution in [-0.4, -0.2) is 40.8 Å². The lowest BCUT2D eigenvalue weighted by molar-refractivity contribution is -0.0252. The maximum atomic E-state index is 12.7. The minimum atomic E-state index is -0.976. The van der Waals surface area contributed by atoms with E-state index in [4.69, 9.17) is 9.84 Å². The largest absolute Gasteiger partial charge is 0.465 e. The molecule has 0 aliphatic carbocycles. The molecule has 1 atom stereocenters. The van der Waals surface area contributed by atoms with Crippen LogP contribution in [0, 0.1) is 5.82 Å². The van der Waals surface area contributed by atoms with E-state index in [1.807, 2.05) is 0 Å². The molecule has 2 heterocycles. The van der Waals surface area contributed by atoms with Gasteiger partial charge < -0.3 is 14.7 Å². The number of nitrogens with zero attached hydrogens (tertiary/aromatic N) is 2. The molecule has 1 unspecified atom stereocenters. The van der Waals surface area contributed by atoms with E-state index in [1.165, 1.54) is 17.0 Å². The van der Waals surface area contributed by atoms with Crippen molar-refractivity contribution in [2.45, 2.75) is 6.10 Å². The van der Waals surface area contributed by atoms with Gasteiger partial charge in [0.15, 0.2) is 0 Å². The summed E-state index contributed by atoms with van der Waals surface area (Å²) in [5.74, 6) is -0.422. The molecule has 0 aromatic carbocycles. The van der Waals surface area contributed by atoms with Gasteiger partial charge in [-0.1, -0.05) is 0 Å². The fourth-order valence-electron chi connectivity index (χ4n) is 1.58. The highest BCUT2D eigenvalue weighted by Crippen LogP contribution is 2.20. The van der Waals surface area contributed by atoms with Gasteiger partial charge in [-0.2, -0.15) is 0 Å². The van der Waals surface area contributed by atoms with Gasteiger partial charge in [0.2, 0.25) is 0 Å². The zero-order valence-corrected chi connectivity index (χ0v) is 8.47. The Morgan fingerprint density at radius 1 is 1.62 bits per heavy atom. The van der Waals surface area contributed by atoms with Gasteiger partial charge in [0, 0.05) is 6.54 Å². The van der Waals surface area contributed by atoms with Gasteiger partial charge in [-0.15, -0.1) is 0 Å². The quantitative estimate of drug-likeness (QED) is 0.783. The summed E-state index contributed by atoms with van der Waals surface area (Å²) in [7, 11) is 0. The zero-order chi connectivity index (χ0) is 11.5. The minimum Gasteiger partial charge on any atom is -0.465 e. The molecule has 1 fully saturated rings. The Bertz CT molecular complexity index is 382. The Morgan fingerprint density at radius 2 is 2.44 bits per heavy atom. The molecular formula is C10H11FN2O3. The second-order valence-corrected chi connectivity index (χ2v) is 3.49. The molecule has 0 saturated carbocycles. The second-order valence-electron chi connectivity index (χ2n) is 3.49. The van der Waals surface area contributed by atoms with Gasteiger partial charge in [0.1, 0.15) is 11.9 Å². The van der Waals surface area contributed by atoms with Gasteiger partial charge in [-0.05, 0) is 12.1 Å². The Hall–Kier alpha value is -1.69. The van der Waals surface area contributed by atoms with E-state index in [0.29, 0.717) is 18.8 Å². The van der Waals surface area contributed by atoms with Crippen molar-refractivity contribution in [2.24, 2.45) is 0 Å². The zero-order valence-electron chi connectivity index (χ0n) is 8.47. The van der Waals surface area contributed by atoms with Gasteiger partial charge in [-0.25, -0.2) is 9.18 Å². The molecule has 6 heteroatoms. The molecule has 1 aromatic heterocycles. The third-order valence-electron chi connectivity index (χ3n) is 2.42. The number of amides is 1. The first-order valence-electron chi connectivity index (χ1n) is 4.88. The molecule has 1 amide bonds. The summed E-state index contributed by atoms with van der Waals surface area (Å²) in [6.45, 7) is 0.914. The van der Waals surface area contributed by atoms with Crippen LogP contribution in [0.4, 0.5) is 9.18 Å². The third-order valence-corrected chi connectivity index (χ3v) is 2.42. The third kappa shape index (κ3) is 2.27. The first kappa shape index (κ1) is 10.8. The van der Waals surface area contributed by atoms with Crippen LogP contribution in [0.3, 0.4) is 0 Å². The van der Waals surface area contributed by atoms with Crippen molar-refractivity contribution >= 4 is 6.09 Å². The standard InChI is InChI=1S/C10H11FN2O3/c11-7-1-2-8(12-5-7)9-6-13(10(14)15)3-4-16-9/h1-2,5,9H,3-4,6H2,(H,14,15). The molecule has 1 aliphatic heterocycles. The normalized spacial score (nSPS) is 20.8. The summed E-state index contributed by atoms with van der Waals surface area (Å²) >= 11 is 0. The Labute approximate surface area is 91.5 Å². The van der Waals surface area contributed by atoms with Crippen LogP contribution >= 0.6 is 0 Å². The highest BCUT2D eigenvalue weighted by molar-refractivity contribution is 5.65. The summed E-state index contributed by atoms with van der Waals surface area (Å²) in [4.78, 5) is 15.9. The Balaban J connectivity index is 2.09. The number of aromatic nitrogens is 1. The molecule has 86 valence electrons. The van der Waals surface area contributed by atoms with Crippen molar-refractivity contribution in [3.8, 4) is 0 Å². The summed E-state index contributed by atoms with van der Waals surface area (Å²) in [6.07, 6.45) is -0.292. The lowest BCUT2D eigenvalue weighted by atomic mass is 10.2. The predicted octanol–water partition coefficient (Wildman–Crippen LogP) is 1.27. The number of halogens is 1. The predicted molar refractivity (Wildman–Crippen MR) is 52.5 cm³/mol. The molecule has 0 radical (unpaired) electrons. The second kappa shape index (κ2) is 4.44. The van der Waals surface area contributed by atoms with Gasteiger partial charge in [0.05, 0.1) is 25.0 Å². The van der Waals surface area contributed by atoms with Crippen LogP contribution < -0.4 is 0 Å². The Morgan fingerprint density at radius 3 is 3.06 bits per heavy atom. The number of carbonyl (C=O) groups is 1. The topological polar surface area (TPSA) is 62.7 Å². The molecule has 1 saturated heterocycles. The molecule has 1 aromatic rings. The highest BCUT2D eigenvalue weighted by atomic mass is 19.1. The van der Waals surface area contributed by atoms with Crippen LogP contribution in [0.2, 0.25) is 0 Å². The molecule has 5 nitrogen and oxygen atoms in total. The maximum absolute atomic E-state index is 12.7. The van der Waals surface area contributed by atoms with E-state index in [2.05, 4.69) is 4.98 Å². The summed E-state index contributed by atoms with van der Waals surface area (Å²) in [6, 6.07) is 2.79. The van der Waals surface area contributed by atoms with Gasteiger partial charge >= 0.3 is 6.09 Å². The average Bonchev–Trinajstić information content (AvgIpc) is 2.30. The van der Waals surface area contributed by atoms with E-state index in [1.54, 1.807) is 0 Å². The molecule has 0 bridgehead atoms. The summed E-state index contributed by atoms with van der Waals surface area (Å²) in [5.41, 5.74) is 0.548. The number of ether oxygens (including phenoxy) is 1. The van der Waals surface area contributed by atoms with E-state index in [-0.39, 0.29) is 6.54 Å². The average molecular weight is 226 g/mol. The van der Waals surface area contributed by atoms with E-state index in [9.17, 15) is 9.18 Å². The number of hydrogen-bond donors (Lipinski definition) is 1.